The largest absolute Gasteiger partial charge is 0.355 e. The van der Waals surface area contributed by atoms with Gasteiger partial charge in [0.2, 0.25) is 12.3 Å². The van der Waals surface area contributed by atoms with Gasteiger partial charge in [-0.2, -0.15) is 0 Å². The van der Waals surface area contributed by atoms with Gasteiger partial charge in [0.1, 0.15) is 5.82 Å². The average Bonchev–Trinajstić information content (AvgIpc) is 2.90. The van der Waals surface area contributed by atoms with E-state index in [9.17, 15) is 14.0 Å². The van der Waals surface area contributed by atoms with Gasteiger partial charge in [-0.25, -0.2) is 4.39 Å². The van der Waals surface area contributed by atoms with Crippen molar-refractivity contribution in [2.75, 3.05) is 7.05 Å². The van der Waals surface area contributed by atoms with Gasteiger partial charge >= 0.3 is 0 Å². The number of benzene rings is 2. The molecule has 0 heterocycles. The molecule has 2 rings (SSSR count). The predicted octanol–water partition coefficient (Wildman–Crippen LogP) is 7.72. The minimum Gasteiger partial charge on any atom is -0.355 e. The number of nitrogens with one attached hydrogen (secondary N) is 2. The van der Waals surface area contributed by atoms with Gasteiger partial charge in [0.25, 0.3) is 0 Å². The smallest absolute Gasteiger partial charge is 0.248 e. The van der Waals surface area contributed by atoms with Crippen molar-refractivity contribution in [2.45, 2.75) is 87.1 Å². The number of halogens is 1. The summed E-state index contributed by atoms with van der Waals surface area (Å²) in [4.78, 5) is 20.7. The van der Waals surface area contributed by atoms with E-state index in [1.54, 1.807) is 19.1 Å². The summed E-state index contributed by atoms with van der Waals surface area (Å²) < 4.78 is 12.3. The highest BCUT2D eigenvalue weighted by atomic mass is 19.1. The molecular formula is C33H54FN3O2. The fourth-order valence-electron chi connectivity index (χ4n) is 2.79. The quantitative estimate of drug-likeness (QED) is 0.163. The number of rotatable bonds is 10. The Bertz CT molecular complexity index is 876. The Kier molecular flexibility index (Phi) is 30.2. The summed E-state index contributed by atoms with van der Waals surface area (Å²) >= 11 is 0. The zero-order chi connectivity index (χ0) is 30.5. The number of hydrogen-bond donors (Lipinski definition) is 3. The summed E-state index contributed by atoms with van der Waals surface area (Å²) in [5.41, 5.74) is 8.45. The van der Waals surface area contributed by atoms with Gasteiger partial charge < -0.3 is 16.4 Å². The Morgan fingerprint density at radius 2 is 1.51 bits per heavy atom. The maximum Gasteiger partial charge on any atom is 0.248 e. The predicted molar refractivity (Wildman–Crippen MR) is 167 cm³/mol. The first-order valence-corrected chi connectivity index (χ1v) is 13.7. The van der Waals surface area contributed by atoms with E-state index in [0.29, 0.717) is 18.7 Å². The molecule has 0 aliphatic rings. The Hall–Kier alpha value is -3.25. The SMILES string of the molecule is C=C(C)NC(=O)C=C(C)C.CCCCCC(C)C.CCc1ccccc1.CN.O=CNCc1ccc(F)cc1. The number of carbonyl (C=O) groups is 2. The van der Waals surface area contributed by atoms with Crippen LogP contribution in [0.15, 0.2) is 78.5 Å². The van der Waals surface area contributed by atoms with Crippen molar-refractivity contribution in [1.82, 2.24) is 10.6 Å². The highest BCUT2D eigenvalue weighted by Gasteiger charge is 1.93. The number of amides is 2. The molecule has 4 N–H and O–H groups in total. The first kappa shape index (κ1) is 40.2. The maximum absolute atomic E-state index is 12.3. The van der Waals surface area contributed by atoms with E-state index in [2.05, 4.69) is 74.9 Å². The number of unbranched alkanes of at least 4 members (excludes halogenated alkanes) is 2. The topological polar surface area (TPSA) is 84.2 Å². The summed E-state index contributed by atoms with van der Waals surface area (Å²) in [7, 11) is 1.50. The van der Waals surface area contributed by atoms with Crippen LogP contribution in [0.1, 0.15) is 85.3 Å². The monoisotopic (exact) mass is 543 g/mol. The number of aryl methyl sites for hydroxylation is 1. The summed E-state index contributed by atoms with van der Waals surface area (Å²) in [5, 5.41) is 5.05. The van der Waals surface area contributed by atoms with Crippen LogP contribution >= 0.6 is 0 Å². The van der Waals surface area contributed by atoms with E-state index >= 15 is 0 Å². The molecule has 0 radical (unpaired) electrons. The Balaban J connectivity index is -0.000000437. The summed E-state index contributed by atoms with van der Waals surface area (Å²) in [5.74, 6) is 0.536. The molecule has 0 saturated heterocycles. The highest BCUT2D eigenvalue weighted by Crippen LogP contribution is 2.06. The van der Waals surface area contributed by atoms with E-state index in [0.717, 1.165) is 23.5 Å². The van der Waals surface area contributed by atoms with E-state index in [-0.39, 0.29) is 11.7 Å². The molecule has 2 aromatic rings. The van der Waals surface area contributed by atoms with Crippen molar-refractivity contribution < 1.29 is 14.0 Å². The normalized spacial score (nSPS) is 8.90. The van der Waals surface area contributed by atoms with Crippen molar-refractivity contribution in [2.24, 2.45) is 11.7 Å². The number of hydrogen-bond acceptors (Lipinski definition) is 3. The van der Waals surface area contributed by atoms with Crippen molar-refractivity contribution in [3.05, 3.63) is 95.5 Å². The second-order valence-corrected chi connectivity index (χ2v) is 9.35. The van der Waals surface area contributed by atoms with Crippen LogP contribution in [-0.4, -0.2) is 19.4 Å². The van der Waals surface area contributed by atoms with Crippen molar-refractivity contribution in [1.29, 1.82) is 0 Å². The zero-order valence-corrected chi connectivity index (χ0v) is 25.6. The molecule has 2 aromatic carbocycles. The lowest BCUT2D eigenvalue weighted by Crippen LogP contribution is -2.17. The Morgan fingerprint density at radius 3 is 1.90 bits per heavy atom. The molecular weight excluding hydrogens is 489 g/mol. The standard InChI is InChI=1S/C8H8FNO.C8H13NO.C8H10.C8H18.CH5N/c9-8-3-1-7(2-4-8)5-10-6-11;1-6(2)5-8(10)9-7(3)4;1-2-8-6-4-3-5-7-8;1-4-5-6-7-8(2)3;1-2/h1-4,6H,5H2,(H,10,11);5H,3H2,1-2,4H3,(H,9,10);3-7H,2H2,1H3;8H,4-7H2,1-3H3;2H2,1H3. The molecule has 0 saturated carbocycles. The Labute approximate surface area is 238 Å². The fraction of sp³-hybridized carbons (Fsp3) is 0.455. The molecule has 5 nitrogen and oxygen atoms in total. The van der Waals surface area contributed by atoms with Gasteiger partial charge in [-0.3, -0.25) is 9.59 Å². The minimum absolute atomic E-state index is 0.104. The van der Waals surface area contributed by atoms with Crippen LogP contribution in [0.25, 0.3) is 0 Å². The van der Waals surface area contributed by atoms with Crippen LogP contribution in [0, 0.1) is 11.7 Å². The second kappa shape index (κ2) is 29.3. The lowest BCUT2D eigenvalue weighted by Gasteiger charge is -2.00. The third-order valence-electron chi connectivity index (χ3n) is 4.70. The molecule has 220 valence electrons. The molecule has 6 heteroatoms. The molecule has 0 aliphatic heterocycles. The first-order valence-electron chi connectivity index (χ1n) is 13.7. The Morgan fingerprint density at radius 1 is 0.949 bits per heavy atom. The van der Waals surface area contributed by atoms with Gasteiger partial charge in [0.15, 0.2) is 0 Å². The molecule has 0 spiro atoms. The van der Waals surface area contributed by atoms with Crippen LogP contribution in [0.3, 0.4) is 0 Å². The summed E-state index contributed by atoms with van der Waals surface area (Å²) in [6.45, 7) is 18.5. The first-order chi connectivity index (χ1) is 18.5. The average molecular weight is 544 g/mol. The minimum atomic E-state index is -0.264. The van der Waals surface area contributed by atoms with Crippen LogP contribution in [0.5, 0.6) is 0 Å². The second-order valence-electron chi connectivity index (χ2n) is 9.35. The van der Waals surface area contributed by atoms with Crippen LogP contribution < -0.4 is 16.4 Å². The van der Waals surface area contributed by atoms with Gasteiger partial charge in [0, 0.05) is 18.3 Å². The summed E-state index contributed by atoms with van der Waals surface area (Å²) in [6.07, 6.45) is 8.89. The third kappa shape index (κ3) is 32.7. The van der Waals surface area contributed by atoms with E-state index in [4.69, 9.17) is 0 Å². The molecule has 0 aliphatic carbocycles. The number of allylic oxidation sites excluding steroid dienone is 2. The van der Waals surface area contributed by atoms with Crippen molar-refractivity contribution in [3.8, 4) is 0 Å². The third-order valence-corrected chi connectivity index (χ3v) is 4.70. The molecule has 0 aromatic heterocycles. The molecule has 2 amide bonds. The van der Waals surface area contributed by atoms with Gasteiger partial charge in [-0.05, 0) is 63.4 Å². The van der Waals surface area contributed by atoms with E-state index in [1.807, 2.05) is 19.9 Å². The summed E-state index contributed by atoms with van der Waals surface area (Å²) in [6, 6.07) is 16.4. The highest BCUT2D eigenvalue weighted by molar-refractivity contribution is 5.89. The van der Waals surface area contributed by atoms with E-state index in [1.165, 1.54) is 56.5 Å². The fourth-order valence-corrected chi connectivity index (χ4v) is 2.79. The lowest BCUT2D eigenvalue weighted by molar-refractivity contribution is -0.115. The van der Waals surface area contributed by atoms with Crippen molar-refractivity contribution >= 4 is 12.3 Å². The van der Waals surface area contributed by atoms with Gasteiger partial charge in [-0.1, -0.05) is 108 Å². The zero-order valence-electron chi connectivity index (χ0n) is 25.6. The maximum atomic E-state index is 12.3. The molecule has 39 heavy (non-hydrogen) atoms. The van der Waals surface area contributed by atoms with Gasteiger partial charge in [-0.15, -0.1) is 0 Å². The van der Waals surface area contributed by atoms with Crippen molar-refractivity contribution in [3.63, 3.8) is 0 Å². The molecule has 0 atom stereocenters. The number of nitrogens with two attached hydrogens (primary N) is 1. The molecule has 0 unspecified atom stereocenters. The van der Waals surface area contributed by atoms with Crippen LogP contribution in [-0.2, 0) is 22.6 Å². The molecule has 0 bridgehead atoms. The van der Waals surface area contributed by atoms with Crippen LogP contribution in [0.2, 0.25) is 0 Å². The van der Waals surface area contributed by atoms with E-state index < -0.39 is 0 Å². The molecule has 0 fully saturated rings. The number of carbonyl (C=O) groups excluding carboxylic acids is 2. The van der Waals surface area contributed by atoms with Crippen LogP contribution in [0.4, 0.5) is 4.39 Å². The lowest BCUT2D eigenvalue weighted by atomic mass is 10.1. The van der Waals surface area contributed by atoms with Gasteiger partial charge in [0.05, 0.1) is 0 Å².